The highest BCUT2D eigenvalue weighted by atomic mass is 79.9. The molecule has 1 aromatic heterocycles. The zero-order valence-electron chi connectivity index (χ0n) is 11.4. The molecule has 0 saturated carbocycles. The molecule has 0 fully saturated rings. The Morgan fingerprint density at radius 2 is 2.15 bits per heavy atom. The van der Waals surface area contributed by atoms with Crippen molar-refractivity contribution >= 4 is 15.9 Å². The second-order valence-corrected chi connectivity index (χ2v) is 5.70. The second kappa shape index (κ2) is 7.41. The molecular formula is C16H18BrNO2. The zero-order chi connectivity index (χ0) is 14.4. The maximum atomic E-state index is 9.97. The van der Waals surface area contributed by atoms with Gasteiger partial charge in [0.15, 0.2) is 0 Å². The predicted molar refractivity (Wildman–Crippen MR) is 82.9 cm³/mol. The number of hydrogen-bond acceptors (Lipinski definition) is 3. The second-order valence-electron chi connectivity index (χ2n) is 4.78. The van der Waals surface area contributed by atoms with Crippen molar-refractivity contribution in [2.24, 2.45) is 0 Å². The molecular weight excluding hydrogens is 318 g/mol. The first-order valence-corrected chi connectivity index (χ1v) is 7.41. The van der Waals surface area contributed by atoms with E-state index in [0.29, 0.717) is 19.4 Å². The van der Waals surface area contributed by atoms with Crippen LogP contribution in [0.1, 0.15) is 17.7 Å². The summed E-state index contributed by atoms with van der Waals surface area (Å²) in [6, 6.07) is 11.7. The SMILES string of the molecule is Cc1cccc(OCCC(O)Cc2ccc(Br)cn2)c1. The van der Waals surface area contributed by atoms with Crippen LogP contribution in [0.25, 0.3) is 0 Å². The van der Waals surface area contributed by atoms with Gasteiger partial charge in [-0.2, -0.15) is 0 Å². The highest BCUT2D eigenvalue weighted by Crippen LogP contribution is 2.14. The highest BCUT2D eigenvalue weighted by Gasteiger charge is 2.07. The molecule has 1 unspecified atom stereocenters. The number of aromatic nitrogens is 1. The molecule has 1 aromatic carbocycles. The van der Waals surface area contributed by atoms with E-state index in [1.165, 1.54) is 5.56 Å². The van der Waals surface area contributed by atoms with Gasteiger partial charge in [-0.1, -0.05) is 12.1 Å². The van der Waals surface area contributed by atoms with E-state index in [1.807, 2.05) is 43.3 Å². The molecule has 0 aliphatic heterocycles. The fourth-order valence-electron chi connectivity index (χ4n) is 1.89. The van der Waals surface area contributed by atoms with Crippen LogP contribution < -0.4 is 4.74 Å². The summed E-state index contributed by atoms with van der Waals surface area (Å²) in [7, 11) is 0. The van der Waals surface area contributed by atoms with Gasteiger partial charge in [0.05, 0.1) is 12.7 Å². The summed E-state index contributed by atoms with van der Waals surface area (Å²) in [5.74, 6) is 0.846. The van der Waals surface area contributed by atoms with Crippen LogP contribution in [0.2, 0.25) is 0 Å². The quantitative estimate of drug-likeness (QED) is 0.878. The van der Waals surface area contributed by atoms with Crippen LogP contribution >= 0.6 is 15.9 Å². The molecule has 2 rings (SSSR count). The van der Waals surface area contributed by atoms with Gasteiger partial charge >= 0.3 is 0 Å². The lowest BCUT2D eigenvalue weighted by Crippen LogP contribution is -2.15. The molecule has 4 heteroatoms. The normalized spacial score (nSPS) is 12.2. The van der Waals surface area contributed by atoms with Crippen molar-refractivity contribution in [2.45, 2.75) is 25.9 Å². The minimum atomic E-state index is -0.437. The van der Waals surface area contributed by atoms with Crippen LogP contribution in [-0.2, 0) is 6.42 Å². The maximum absolute atomic E-state index is 9.97. The molecule has 0 aliphatic rings. The van der Waals surface area contributed by atoms with Crippen LogP contribution in [0.5, 0.6) is 5.75 Å². The van der Waals surface area contributed by atoms with Gasteiger partial charge in [-0.3, -0.25) is 4.98 Å². The van der Waals surface area contributed by atoms with Crippen LogP contribution in [0.3, 0.4) is 0 Å². The largest absolute Gasteiger partial charge is 0.493 e. The number of benzene rings is 1. The molecule has 0 aliphatic carbocycles. The summed E-state index contributed by atoms with van der Waals surface area (Å²) in [5, 5.41) is 9.97. The van der Waals surface area contributed by atoms with Gasteiger partial charge in [-0.25, -0.2) is 0 Å². The summed E-state index contributed by atoms with van der Waals surface area (Å²) in [6.07, 6.45) is 2.44. The van der Waals surface area contributed by atoms with E-state index in [0.717, 1.165) is 15.9 Å². The number of halogens is 1. The van der Waals surface area contributed by atoms with Crippen molar-refractivity contribution in [1.29, 1.82) is 0 Å². The monoisotopic (exact) mass is 335 g/mol. The fraction of sp³-hybridized carbons (Fsp3) is 0.312. The fourth-order valence-corrected chi connectivity index (χ4v) is 2.12. The van der Waals surface area contributed by atoms with Gasteiger partial charge in [-0.05, 0) is 52.7 Å². The van der Waals surface area contributed by atoms with E-state index >= 15 is 0 Å². The summed E-state index contributed by atoms with van der Waals surface area (Å²) in [5.41, 5.74) is 2.05. The Morgan fingerprint density at radius 1 is 1.30 bits per heavy atom. The average molecular weight is 336 g/mol. The van der Waals surface area contributed by atoms with Crippen molar-refractivity contribution < 1.29 is 9.84 Å². The molecule has 0 bridgehead atoms. The van der Waals surface area contributed by atoms with Crippen LogP contribution in [0.4, 0.5) is 0 Å². The predicted octanol–water partition coefficient (Wildman–Crippen LogP) is 3.53. The number of pyridine rings is 1. The van der Waals surface area contributed by atoms with Crippen LogP contribution in [0, 0.1) is 6.92 Å². The molecule has 106 valence electrons. The third kappa shape index (κ3) is 4.94. The molecule has 3 nitrogen and oxygen atoms in total. The summed E-state index contributed by atoms with van der Waals surface area (Å²) in [6.45, 7) is 2.53. The number of aliphatic hydroxyl groups excluding tert-OH is 1. The smallest absolute Gasteiger partial charge is 0.119 e. The first kappa shape index (κ1) is 15.0. The van der Waals surface area contributed by atoms with Gasteiger partial charge in [0.25, 0.3) is 0 Å². The molecule has 0 amide bonds. The van der Waals surface area contributed by atoms with Crippen molar-refractivity contribution in [3.63, 3.8) is 0 Å². The van der Waals surface area contributed by atoms with Gasteiger partial charge in [0, 0.05) is 29.2 Å². The lowest BCUT2D eigenvalue weighted by atomic mass is 10.1. The summed E-state index contributed by atoms with van der Waals surface area (Å²) >= 11 is 3.34. The standard InChI is InChI=1S/C16H18BrNO2/c1-12-3-2-4-16(9-12)20-8-7-15(19)10-14-6-5-13(17)11-18-14/h2-6,9,11,15,19H,7-8,10H2,1H3. The lowest BCUT2D eigenvalue weighted by molar-refractivity contribution is 0.138. The van der Waals surface area contributed by atoms with Crippen molar-refractivity contribution in [2.75, 3.05) is 6.61 Å². The Balaban J connectivity index is 1.75. The number of ether oxygens (including phenoxy) is 1. The van der Waals surface area contributed by atoms with Crippen molar-refractivity contribution in [1.82, 2.24) is 4.98 Å². The van der Waals surface area contributed by atoms with Crippen molar-refractivity contribution in [3.8, 4) is 5.75 Å². The first-order chi connectivity index (χ1) is 9.63. The molecule has 1 N–H and O–H groups in total. The summed E-state index contributed by atoms with van der Waals surface area (Å²) in [4.78, 5) is 4.25. The first-order valence-electron chi connectivity index (χ1n) is 6.61. The number of aliphatic hydroxyl groups is 1. The van der Waals surface area contributed by atoms with Crippen LogP contribution in [0.15, 0.2) is 47.1 Å². The van der Waals surface area contributed by atoms with E-state index in [4.69, 9.17) is 4.74 Å². The van der Waals surface area contributed by atoms with E-state index in [1.54, 1.807) is 6.20 Å². The topological polar surface area (TPSA) is 42.4 Å². The lowest BCUT2D eigenvalue weighted by Gasteiger charge is -2.11. The average Bonchev–Trinajstić information content (AvgIpc) is 2.41. The molecule has 20 heavy (non-hydrogen) atoms. The molecule has 2 aromatic rings. The molecule has 0 radical (unpaired) electrons. The Hall–Kier alpha value is -1.39. The third-order valence-corrected chi connectivity index (χ3v) is 3.41. The number of aryl methyl sites for hydroxylation is 1. The van der Waals surface area contributed by atoms with E-state index < -0.39 is 6.10 Å². The van der Waals surface area contributed by atoms with Crippen molar-refractivity contribution in [3.05, 3.63) is 58.3 Å². The minimum Gasteiger partial charge on any atom is -0.493 e. The molecule has 1 heterocycles. The van der Waals surface area contributed by atoms with E-state index in [9.17, 15) is 5.11 Å². The number of rotatable bonds is 6. The zero-order valence-corrected chi connectivity index (χ0v) is 13.0. The van der Waals surface area contributed by atoms with Gasteiger partial charge < -0.3 is 9.84 Å². The van der Waals surface area contributed by atoms with Crippen LogP contribution in [-0.4, -0.2) is 22.8 Å². The number of hydrogen-bond donors (Lipinski definition) is 1. The molecule has 0 saturated heterocycles. The molecule has 0 spiro atoms. The molecule has 1 atom stereocenters. The van der Waals surface area contributed by atoms with Gasteiger partial charge in [0.1, 0.15) is 5.75 Å². The van der Waals surface area contributed by atoms with E-state index in [2.05, 4.69) is 20.9 Å². The highest BCUT2D eigenvalue weighted by molar-refractivity contribution is 9.10. The summed E-state index contributed by atoms with van der Waals surface area (Å²) < 4.78 is 6.57. The van der Waals surface area contributed by atoms with Gasteiger partial charge in [0.2, 0.25) is 0 Å². The Labute approximate surface area is 127 Å². The van der Waals surface area contributed by atoms with Gasteiger partial charge in [-0.15, -0.1) is 0 Å². The third-order valence-electron chi connectivity index (χ3n) is 2.94. The Bertz CT molecular complexity index is 542. The Morgan fingerprint density at radius 3 is 2.85 bits per heavy atom. The maximum Gasteiger partial charge on any atom is 0.119 e. The Kier molecular flexibility index (Phi) is 5.56. The van der Waals surface area contributed by atoms with E-state index in [-0.39, 0.29) is 0 Å². The minimum absolute atomic E-state index is 0.437. The number of nitrogens with zero attached hydrogens (tertiary/aromatic N) is 1.